The molecule has 0 saturated carbocycles. The van der Waals surface area contributed by atoms with E-state index in [1.807, 2.05) is 0 Å². The van der Waals surface area contributed by atoms with Crippen LogP contribution in [0.15, 0.2) is 109 Å². The lowest BCUT2D eigenvalue weighted by molar-refractivity contribution is -0.167. The fraction of sp³-hybridized carbons (Fsp3) is 0.691. The van der Waals surface area contributed by atoms with E-state index in [2.05, 4.69) is 130 Å². The first-order valence-electron chi connectivity index (χ1n) is 30.9. The second-order valence-corrected chi connectivity index (χ2v) is 20.2. The molecule has 0 aromatic carbocycles. The van der Waals surface area contributed by atoms with Crippen molar-refractivity contribution in [1.82, 2.24) is 0 Å². The highest BCUT2D eigenvalue weighted by Gasteiger charge is 2.19. The van der Waals surface area contributed by atoms with Crippen LogP contribution in [0.2, 0.25) is 0 Å². The summed E-state index contributed by atoms with van der Waals surface area (Å²) in [5, 5.41) is 0. The number of carbonyl (C=O) groups is 3. The maximum absolute atomic E-state index is 12.8. The standard InChI is InChI=1S/C68H114O6/c1-4-7-10-13-16-19-22-25-27-29-30-31-32-33-34-35-36-37-38-40-41-43-46-49-52-55-58-61-67(70)73-64-65(63-72-66(69)60-57-54-51-48-45-24-21-18-15-12-9-6-3)74-68(71)62-59-56-53-50-47-44-42-39-28-26-23-20-17-14-11-8-5-2/h8,11,17-18,20-22,25-26,28-30,32-33,42,44,50,53,65H,4-7,9-10,12-16,19,23-24,27,31,34-41,43,45-49,51-52,54-64H2,1-3H3/b11-8-,20-17-,21-18-,25-22-,28-26-,30-29-,33-32-,44-42-,53-50-. The minimum atomic E-state index is -0.814. The molecule has 0 aliphatic heterocycles. The Bertz CT molecular complexity index is 1510. The van der Waals surface area contributed by atoms with Gasteiger partial charge >= 0.3 is 17.9 Å². The number of allylic oxidation sites excluding steroid dienone is 18. The molecule has 0 aliphatic rings. The summed E-state index contributed by atoms with van der Waals surface area (Å²) in [7, 11) is 0. The molecule has 74 heavy (non-hydrogen) atoms. The molecule has 6 nitrogen and oxygen atoms in total. The molecule has 0 aromatic rings. The summed E-state index contributed by atoms with van der Waals surface area (Å²) in [5.41, 5.74) is 0. The van der Waals surface area contributed by atoms with Crippen LogP contribution >= 0.6 is 0 Å². The van der Waals surface area contributed by atoms with Gasteiger partial charge in [0.2, 0.25) is 0 Å². The number of hydrogen-bond acceptors (Lipinski definition) is 6. The topological polar surface area (TPSA) is 78.9 Å². The van der Waals surface area contributed by atoms with Crippen molar-refractivity contribution in [3.05, 3.63) is 109 Å². The van der Waals surface area contributed by atoms with E-state index in [-0.39, 0.29) is 37.5 Å². The maximum atomic E-state index is 12.8. The SMILES string of the molecule is CC/C=C\C/C=C\C/C=C\C/C=C\C/C=C\CCCC(=O)OC(COC(=O)CCCCCCC/C=C\CCCCC)COC(=O)CCCCCCCCCCCCCC/C=C\C/C=C\C/C=C\CCCCCCC. The van der Waals surface area contributed by atoms with E-state index in [0.29, 0.717) is 19.3 Å². The van der Waals surface area contributed by atoms with Crippen LogP contribution in [0.5, 0.6) is 0 Å². The maximum Gasteiger partial charge on any atom is 0.306 e. The molecule has 0 radical (unpaired) electrons. The average Bonchev–Trinajstić information content (AvgIpc) is 3.40. The molecule has 0 N–H and O–H groups in total. The van der Waals surface area contributed by atoms with E-state index >= 15 is 0 Å². The normalized spacial score (nSPS) is 12.9. The third-order valence-electron chi connectivity index (χ3n) is 13.0. The third kappa shape index (κ3) is 59.0. The Morgan fingerprint density at radius 2 is 0.541 bits per heavy atom. The molecule has 0 rings (SSSR count). The van der Waals surface area contributed by atoms with E-state index in [0.717, 1.165) is 103 Å². The minimum absolute atomic E-state index is 0.105. The summed E-state index contributed by atoms with van der Waals surface area (Å²) >= 11 is 0. The first kappa shape index (κ1) is 70.1. The van der Waals surface area contributed by atoms with Gasteiger partial charge in [-0.15, -0.1) is 0 Å². The molecular formula is C68H114O6. The molecule has 0 fully saturated rings. The molecule has 0 heterocycles. The summed E-state index contributed by atoms with van der Waals surface area (Å²) in [4.78, 5) is 38.2. The van der Waals surface area contributed by atoms with Gasteiger partial charge in [-0.1, -0.05) is 252 Å². The van der Waals surface area contributed by atoms with Crippen molar-refractivity contribution >= 4 is 17.9 Å². The van der Waals surface area contributed by atoms with E-state index in [4.69, 9.17) is 14.2 Å². The van der Waals surface area contributed by atoms with Crippen molar-refractivity contribution in [2.75, 3.05) is 13.2 Å². The van der Waals surface area contributed by atoms with E-state index in [1.54, 1.807) is 0 Å². The molecule has 6 heteroatoms. The highest BCUT2D eigenvalue weighted by atomic mass is 16.6. The number of carbonyl (C=O) groups excluding carboxylic acids is 3. The van der Waals surface area contributed by atoms with E-state index < -0.39 is 6.10 Å². The highest BCUT2D eigenvalue weighted by molar-refractivity contribution is 5.71. The van der Waals surface area contributed by atoms with Crippen molar-refractivity contribution < 1.29 is 28.6 Å². The lowest BCUT2D eigenvalue weighted by atomic mass is 10.0. The van der Waals surface area contributed by atoms with Crippen LogP contribution < -0.4 is 0 Å². The van der Waals surface area contributed by atoms with Crippen LogP contribution in [0.25, 0.3) is 0 Å². The molecule has 0 bridgehead atoms. The number of rotatable bonds is 55. The van der Waals surface area contributed by atoms with E-state index in [9.17, 15) is 14.4 Å². The quantitative estimate of drug-likeness (QED) is 0.0261. The Labute approximate surface area is 457 Å². The van der Waals surface area contributed by atoms with Gasteiger partial charge in [-0.25, -0.2) is 0 Å². The van der Waals surface area contributed by atoms with Crippen molar-refractivity contribution in [2.45, 2.75) is 290 Å². The highest BCUT2D eigenvalue weighted by Crippen LogP contribution is 2.15. The lowest BCUT2D eigenvalue weighted by Gasteiger charge is -2.18. The van der Waals surface area contributed by atoms with Crippen molar-refractivity contribution in [3.8, 4) is 0 Å². The predicted molar refractivity (Wildman–Crippen MR) is 320 cm³/mol. The van der Waals surface area contributed by atoms with Gasteiger partial charge in [-0.2, -0.15) is 0 Å². The second-order valence-electron chi connectivity index (χ2n) is 20.2. The fourth-order valence-corrected chi connectivity index (χ4v) is 8.36. The lowest BCUT2D eigenvalue weighted by Crippen LogP contribution is -2.30. The zero-order chi connectivity index (χ0) is 53.6. The van der Waals surface area contributed by atoms with Crippen molar-refractivity contribution in [2.24, 2.45) is 0 Å². The monoisotopic (exact) mass is 1030 g/mol. The minimum Gasteiger partial charge on any atom is -0.462 e. The second kappa shape index (κ2) is 61.6. The van der Waals surface area contributed by atoms with Gasteiger partial charge in [0.05, 0.1) is 0 Å². The smallest absolute Gasteiger partial charge is 0.306 e. The largest absolute Gasteiger partial charge is 0.462 e. The van der Waals surface area contributed by atoms with Crippen LogP contribution in [-0.2, 0) is 28.6 Å². The molecule has 422 valence electrons. The Balaban J connectivity index is 4.34. The Kier molecular flexibility index (Phi) is 58.3. The Hall–Kier alpha value is -3.93. The third-order valence-corrected chi connectivity index (χ3v) is 13.0. The molecule has 1 atom stereocenters. The summed E-state index contributed by atoms with van der Waals surface area (Å²) in [6.45, 7) is 6.44. The first-order chi connectivity index (χ1) is 36.5. The Morgan fingerprint density at radius 1 is 0.284 bits per heavy atom. The molecular weight excluding hydrogens is 913 g/mol. The molecule has 0 amide bonds. The van der Waals surface area contributed by atoms with Gasteiger partial charge in [0.15, 0.2) is 6.10 Å². The van der Waals surface area contributed by atoms with Gasteiger partial charge in [0, 0.05) is 19.3 Å². The van der Waals surface area contributed by atoms with Gasteiger partial charge in [-0.3, -0.25) is 14.4 Å². The van der Waals surface area contributed by atoms with Crippen LogP contribution in [0.4, 0.5) is 0 Å². The zero-order valence-corrected chi connectivity index (χ0v) is 48.3. The molecule has 0 saturated heterocycles. The molecule has 0 aromatic heterocycles. The van der Waals surface area contributed by atoms with Gasteiger partial charge < -0.3 is 14.2 Å². The summed E-state index contributed by atoms with van der Waals surface area (Å²) in [6, 6.07) is 0. The number of hydrogen-bond donors (Lipinski definition) is 0. The fourth-order valence-electron chi connectivity index (χ4n) is 8.36. The molecule has 1 unspecified atom stereocenters. The average molecular weight is 1030 g/mol. The van der Waals surface area contributed by atoms with Gasteiger partial charge in [-0.05, 0) is 122 Å². The number of ether oxygens (including phenoxy) is 3. The van der Waals surface area contributed by atoms with Crippen LogP contribution in [0.3, 0.4) is 0 Å². The first-order valence-corrected chi connectivity index (χ1v) is 30.9. The number of esters is 3. The van der Waals surface area contributed by atoms with Crippen LogP contribution in [0, 0.1) is 0 Å². The summed E-state index contributed by atoms with van der Waals surface area (Å²) in [6.07, 6.45) is 83.9. The van der Waals surface area contributed by atoms with Gasteiger partial charge in [0.25, 0.3) is 0 Å². The van der Waals surface area contributed by atoms with Gasteiger partial charge in [0.1, 0.15) is 13.2 Å². The zero-order valence-electron chi connectivity index (χ0n) is 48.3. The number of unbranched alkanes of at least 4 members (excludes halogenated alkanes) is 26. The van der Waals surface area contributed by atoms with E-state index in [1.165, 1.54) is 135 Å². The van der Waals surface area contributed by atoms with Crippen molar-refractivity contribution in [1.29, 1.82) is 0 Å². The summed E-state index contributed by atoms with van der Waals surface area (Å²) in [5.74, 6) is -0.972. The summed E-state index contributed by atoms with van der Waals surface area (Å²) < 4.78 is 16.8. The van der Waals surface area contributed by atoms with Crippen LogP contribution in [0.1, 0.15) is 284 Å². The molecule has 0 spiro atoms. The Morgan fingerprint density at radius 3 is 0.905 bits per heavy atom. The van der Waals surface area contributed by atoms with Crippen LogP contribution in [-0.4, -0.2) is 37.2 Å². The van der Waals surface area contributed by atoms with Crippen molar-refractivity contribution in [3.63, 3.8) is 0 Å². The predicted octanol–water partition coefficient (Wildman–Crippen LogP) is 21.0. The molecule has 0 aliphatic carbocycles.